The molecule has 0 bridgehead atoms. The van der Waals surface area contributed by atoms with E-state index in [1.165, 1.54) is 0 Å². The molecule has 0 aliphatic rings. The number of aliphatic imine (C=N–C) groups is 1. The van der Waals surface area contributed by atoms with Crippen molar-refractivity contribution in [3.05, 3.63) is 0 Å². The predicted octanol–water partition coefficient (Wildman–Crippen LogP) is -1.07. The highest BCUT2D eigenvalue weighted by Gasteiger charge is 2.31. The predicted molar refractivity (Wildman–Crippen MR) is 134 cm³/mol. The average molecular weight is 504 g/mol. The van der Waals surface area contributed by atoms with E-state index >= 15 is 0 Å². The molecule has 0 heterocycles. The van der Waals surface area contributed by atoms with E-state index in [1.54, 1.807) is 6.92 Å². The van der Waals surface area contributed by atoms with E-state index in [9.17, 15) is 24.3 Å². The minimum Gasteiger partial charge on any atom is -0.480 e. The van der Waals surface area contributed by atoms with Crippen molar-refractivity contribution in [3.63, 3.8) is 0 Å². The molecule has 5 atom stereocenters. The van der Waals surface area contributed by atoms with Crippen LogP contribution in [-0.4, -0.2) is 71.2 Å². The Balaban J connectivity index is 5.19. The molecule has 0 aliphatic heterocycles. The van der Waals surface area contributed by atoms with E-state index in [2.05, 4.69) is 33.6 Å². The van der Waals surface area contributed by atoms with Crippen molar-refractivity contribution >= 4 is 42.3 Å². The van der Waals surface area contributed by atoms with E-state index in [0.717, 1.165) is 0 Å². The lowest BCUT2D eigenvalue weighted by Gasteiger charge is -2.26. The lowest BCUT2D eigenvalue weighted by molar-refractivity contribution is -0.143. The summed E-state index contributed by atoms with van der Waals surface area (Å²) in [6, 6.07) is -3.98. The number of amides is 3. The van der Waals surface area contributed by atoms with Crippen LogP contribution in [0.1, 0.15) is 53.4 Å². The third kappa shape index (κ3) is 12.1. The average Bonchev–Trinajstić information content (AvgIpc) is 2.76. The Morgan fingerprint density at radius 1 is 0.971 bits per heavy atom. The smallest absolute Gasteiger partial charge is 0.326 e. The van der Waals surface area contributed by atoms with Gasteiger partial charge in [-0.15, -0.1) is 0 Å². The molecule has 196 valence electrons. The van der Waals surface area contributed by atoms with Gasteiger partial charge in [0.15, 0.2) is 5.96 Å². The fourth-order valence-corrected chi connectivity index (χ4v) is 3.29. The number of carbonyl (C=O) groups is 4. The number of thiol groups is 1. The molecule has 0 rings (SSSR count). The fraction of sp³-hybridized carbons (Fsp3) is 0.762. The summed E-state index contributed by atoms with van der Waals surface area (Å²) in [5.74, 6) is -3.28. The number of nitrogens with zero attached hydrogens (tertiary/aromatic N) is 1. The van der Waals surface area contributed by atoms with E-state index in [0.29, 0.717) is 32.2 Å². The quantitative estimate of drug-likeness (QED) is 0.0560. The monoisotopic (exact) mass is 503 g/mol. The van der Waals surface area contributed by atoms with Crippen molar-refractivity contribution in [1.29, 1.82) is 0 Å². The van der Waals surface area contributed by atoms with Crippen molar-refractivity contribution in [2.75, 3.05) is 12.3 Å². The van der Waals surface area contributed by atoms with Crippen molar-refractivity contribution in [2.24, 2.45) is 34.0 Å². The molecule has 0 aromatic carbocycles. The van der Waals surface area contributed by atoms with Crippen LogP contribution in [0.3, 0.4) is 0 Å². The Morgan fingerprint density at radius 2 is 1.53 bits per heavy atom. The Bertz CT molecular complexity index is 716. The minimum absolute atomic E-state index is 0.0479. The fourth-order valence-electron chi connectivity index (χ4n) is 3.04. The maximum absolute atomic E-state index is 12.9. The summed E-state index contributed by atoms with van der Waals surface area (Å²) in [6.07, 6.45) is 1.65. The lowest BCUT2D eigenvalue weighted by atomic mass is 9.99. The molecule has 13 heteroatoms. The zero-order valence-corrected chi connectivity index (χ0v) is 21.3. The normalized spacial score (nSPS) is 15.4. The van der Waals surface area contributed by atoms with Gasteiger partial charge in [-0.1, -0.05) is 34.1 Å². The summed E-state index contributed by atoms with van der Waals surface area (Å²) in [5.41, 5.74) is 16.4. The maximum Gasteiger partial charge on any atom is 0.326 e. The van der Waals surface area contributed by atoms with Crippen molar-refractivity contribution in [1.82, 2.24) is 16.0 Å². The molecule has 0 aliphatic carbocycles. The number of carbonyl (C=O) groups excluding carboxylic acids is 3. The van der Waals surface area contributed by atoms with Crippen LogP contribution >= 0.6 is 12.6 Å². The number of aliphatic carboxylic acids is 1. The molecule has 0 saturated carbocycles. The molecular weight excluding hydrogens is 462 g/mol. The van der Waals surface area contributed by atoms with Gasteiger partial charge in [0, 0.05) is 12.3 Å². The second kappa shape index (κ2) is 16.1. The first-order chi connectivity index (χ1) is 15.8. The second-order valence-electron chi connectivity index (χ2n) is 8.70. The standard InChI is InChI=1S/C21H41N7O5S/c1-5-12(4)16(20(32)33)28-19(31)15(10-34)27-18(30)14(9-11(2)3)26-17(29)13(22)7-6-8-25-21(23)24/h11-16,34H,5-10,22H2,1-4H3,(H,26,29)(H,27,30)(H,28,31)(H,32,33)(H4,23,24,25). The number of nitrogens with two attached hydrogens (primary N) is 3. The maximum atomic E-state index is 12.9. The van der Waals surface area contributed by atoms with Gasteiger partial charge in [-0.25, -0.2) is 4.79 Å². The van der Waals surface area contributed by atoms with Crippen LogP contribution in [0.2, 0.25) is 0 Å². The number of hydrogen-bond donors (Lipinski definition) is 8. The van der Waals surface area contributed by atoms with E-state index in [1.807, 2.05) is 20.8 Å². The summed E-state index contributed by atoms with van der Waals surface area (Å²) >= 11 is 4.12. The summed E-state index contributed by atoms with van der Waals surface area (Å²) in [7, 11) is 0. The van der Waals surface area contributed by atoms with E-state index in [4.69, 9.17) is 17.2 Å². The molecule has 34 heavy (non-hydrogen) atoms. The number of rotatable bonds is 16. The highest BCUT2D eigenvalue weighted by atomic mass is 32.1. The van der Waals surface area contributed by atoms with Gasteiger partial charge in [-0.3, -0.25) is 19.4 Å². The molecular formula is C21H41N7O5S. The summed E-state index contributed by atoms with van der Waals surface area (Å²) in [4.78, 5) is 53.4. The van der Waals surface area contributed by atoms with Crippen LogP contribution in [-0.2, 0) is 19.2 Å². The molecule has 3 amide bonds. The molecule has 0 aromatic heterocycles. The van der Waals surface area contributed by atoms with Gasteiger partial charge in [-0.05, 0) is 31.1 Å². The minimum atomic E-state index is -1.16. The van der Waals surface area contributed by atoms with Gasteiger partial charge in [0.25, 0.3) is 0 Å². The molecule has 0 fully saturated rings. The van der Waals surface area contributed by atoms with Crippen molar-refractivity contribution in [3.8, 4) is 0 Å². The third-order valence-corrected chi connectivity index (χ3v) is 5.60. The van der Waals surface area contributed by atoms with Gasteiger partial charge in [-0.2, -0.15) is 12.6 Å². The van der Waals surface area contributed by atoms with Gasteiger partial charge in [0.1, 0.15) is 18.1 Å². The zero-order valence-electron chi connectivity index (χ0n) is 20.4. The van der Waals surface area contributed by atoms with Crippen LogP contribution in [0.5, 0.6) is 0 Å². The molecule has 0 radical (unpaired) electrons. The lowest BCUT2D eigenvalue weighted by Crippen LogP contribution is -2.58. The third-order valence-electron chi connectivity index (χ3n) is 5.24. The van der Waals surface area contributed by atoms with Crippen LogP contribution in [0.15, 0.2) is 4.99 Å². The molecule has 0 spiro atoms. The topological polar surface area (TPSA) is 215 Å². The Labute approximate surface area is 206 Å². The number of carboxylic acids is 1. The van der Waals surface area contributed by atoms with E-state index in [-0.39, 0.29) is 23.5 Å². The second-order valence-corrected chi connectivity index (χ2v) is 9.06. The Hall–Kier alpha value is -2.54. The summed E-state index contributed by atoms with van der Waals surface area (Å²) < 4.78 is 0. The largest absolute Gasteiger partial charge is 0.480 e. The molecule has 10 N–H and O–H groups in total. The van der Waals surface area contributed by atoms with Gasteiger partial charge >= 0.3 is 5.97 Å². The Kier molecular flexibility index (Phi) is 14.9. The SMILES string of the molecule is CCC(C)C(NC(=O)C(CS)NC(=O)C(CC(C)C)NC(=O)C(N)CCCN=C(N)N)C(=O)O. The first kappa shape index (κ1) is 31.5. The highest BCUT2D eigenvalue weighted by Crippen LogP contribution is 2.10. The number of carboxylic acid groups (broad SMARTS) is 1. The number of nitrogens with one attached hydrogen (secondary N) is 3. The first-order valence-electron chi connectivity index (χ1n) is 11.4. The van der Waals surface area contributed by atoms with E-state index < -0.39 is 47.9 Å². The molecule has 5 unspecified atom stereocenters. The highest BCUT2D eigenvalue weighted by molar-refractivity contribution is 7.80. The first-order valence-corrected chi connectivity index (χ1v) is 12.0. The molecule has 0 saturated heterocycles. The van der Waals surface area contributed by atoms with Gasteiger partial charge < -0.3 is 38.3 Å². The summed E-state index contributed by atoms with van der Waals surface area (Å²) in [5, 5.41) is 17.1. The van der Waals surface area contributed by atoms with Crippen molar-refractivity contribution < 1.29 is 24.3 Å². The Morgan fingerprint density at radius 3 is 2.00 bits per heavy atom. The van der Waals surface area contributed by atoms with Gasteiger partial charge in [0.05, 0.1) is 6.04 Å². The van der Waals surface area contributed by atoms with Crippen LogP contribution < -0.4 is 33.2 Å². The van der Waals surface area contributed by atoms with Crippen molar-refractivity contribution in [2.45, 2.75) is 77.5 Å². The van der Waals surface area contributed by atoms with Gasteiger partial charge in [0.2, 0.25) is 17.7 Å². The number of hydrogen-bond acceptors (Lipinski definition) is 7. The summed E-state index contributed by atoms with van der Waals surface area (Å²) in [6.45, 7) is 7.62. The van der Waals surface area contributed by atoms with Crippen LogP contribution in [0.25, 0.3) is 0 Å². The number of guanidine groups is 1. The van der Waals surface area contributed by atoms with Crippen LogP contribution in [0, 0.1) is 11.8 Å². The van der Waals surface area contributed by atoms with Crippen LogP contribution in [0.4, 0.5) is 0 Å². The zero-order chi connectivity index (χ0) is 26.4. The molecule has 0 aromatic rings. The molecule has 12 nitrogen and oxygen atoms in total.